The third-order valence-electron chi connectivity index (χ3n) is 2.20. The second-order valence-electron chi connectivity index (χ2n) is 3.26. The topological polar surface area (TPSA) is 70.2 Å². The lowest BCUT2D eigenvalue weighted by molar-refractivity contribution is 0.204. The van der Waals surface area contributed by atoms with Crippen LogP contribution in [0.5, 0.6) is 0 Å². The molecule has 1 fully saturated rings. The van der Waals surface area contributed by atoms with Crippen LogP contribution in [0.1, 0.15) is 0 Å². The number of amides is 2. The summed E-state index contributed by atoms with van der Waals surface area (Å²) >= 11 is 0. The van der Waals surface area contributed by atoms with Crippen LogP contribution < -0.4 is 10.6 Å². The predicted octanol–water partition coefficient (Wildman–Crippen LogP) is 0.757. The molecule has 0 aromatic carbocycles. The number of urea groups is 1. The highest BCUT2D eigenvalue weighted by Gasteiger charge is 2.15. The van der Waals surface area contributed by atoms with Gasteiger partial charge in [-0.3, -0.25) is 10.3 Å². The molecule has 2 N–H and O–H groups in total. The molecule has 17 heavy (non-hydrogen) atoms. The van der Waals surface area contributed by atoms with Gasteiger partial charge >= 0.3 is 6.03 Å². The van der Waals surface area contributed by atoms with Crippen LogP contribution in [0.3, 0.4) is 0 Å². The van der Waals surface area contributed by atoms with E-state index < -0.39 is 0 Å². The summed E-state index contributed by atoms with van der Waals surface area (Å²) in [6.07, 6.45) is 4.65. The Labute approximate surface area is 112 Å². The second kappa shape index (κ2) is 8.05. The van der Waals surface area contributed by atoms with E-state index in [4.69, 9.17) is 0 Å². The molecule has 1 aromatic heterocycles. The highest BCUT2D eigenvalue weighted by atomic mass is 35.5. The number of nitrogens with zero attached hydrogens (tertiary/aromatic N) is 3. The van der Waals surface area contributed by atoms with Crippen molar-refractivity contribution in [3.05, 3.63) is 18.6 Å². The molecule has 1 aliphatic heterocycles. The largest absolute Gasteiger partial charge is 0.323 e. The van der Waals surface area contributed by atoms with Gasteiger partial charge in [0, 0.05) is 38.6 Å². The minimum absolute atomic E-state index is 0. The number of carbonyl (C=O) groups is 1. The smallest absolute Gasteiger partial charge is 0.322 e. The quantitative estimate of drug-likeness (QED) is 0.796. The van der Waals surface area contributed by atoms with Gasteiger partial charge < -0.3 is 10.2 Å². The van der Waals surface area contributed by atoms with Gasteiger partial charge in [0.1, 0.15) is 0 Å². The molecule has 0 radical (unpaired) electrons. The van der Waals surface area contributed by atoms with Gasteiger partial charge in [-0.25, -0.2) is 9.78 Å². The van der Waals surface area contributed by atoms with E-state index in [9.17, 15) is 4.79 Å². The van der Waals surface area contributed by atoms with Crippen LogP contribution in [0.15, 0.2) is 18.6 Å². The molecule has 0 spiro atoms. The molecular formula is C9H15Cl2N5O. The number of aromatic nitrogens is 2. The molecule has 2 rings (SSSR count). The average Bonchev–Trinajstić information content (AvgIpc) is 2.31. The molecule has 2 heterocycles. The van der Waals surface area contributed by atoms with Crippen molar-refractivity contribution in [2.45, 2.75) is 0 Å². The van der Waals surface area contributed by atoms with Crippen molar-refractivity contribution in [1.29, 1.82) is 0 Å². The zero-order valence-electron chi connectivity index (χ0n) is 9.13. The predicted molar refractivity (Wildman–Crippen MR) is 70.0 cm³/mol. The Balaban J connectivity index is 0.00000128. The van der Waals surface area contributed by atoms with Gasteiger partial charge in [-0.1, -0.05) is 0 Å². The lowest BCUT2D eigenvalue weighted by Crippen LogP contribution is -2.48. The summed E-state index contributed by atoms with van der Waals surface area (Å²) in [6.45, 7) is 3.14. The first kappa shape index (κ1) is 15.9. The van der Waals surface area contributed by atoms with Gasteiger partial charge in [0.15, 0.2) is 5.82 Å². The van der Waals surface area contributed by atoms with Crippen LogP contribution in [0.4, 0.5) is 10.6 Å². The molecule has 0 unspecified atom stereocenters. The summed E-state index contributed by atoms with van der Waals surface area (Å²) < 4.78 is 0. The van der Waals surface area contributed by atoms with Crippen molar-refractivity contribution in [3.8, 4) is 0 Å². The van der Waals surface area contributed by atoms with Gasteiger partial charge in [0.05, 0.1) is 6.20 Å². The second-order valence-corrected chi connectivity index (χ2v) is 3.26. The van der Waals surface area contributed by atoms with E-state index in [2.05, 4.69) is 20.6 Å². The Kier molecular flexibility index (Phi) is 7.53. The number of halogens is 2. The van der Waals surface area contributed by atoms with E-state index in [1.54, 1.807) is 17.3 Å². The maximum atomic E-state index is 11.7. The van der Waals surface area contributed by atoms with E-state index in [1.807, 2.05) is 0 Å². The van der Waals surface area contributed by atoms with Crippen LogP contribution in [0.25, 0.3) is 0 Å². The van der Waals surface area contributed by atoms with Crippen LogP contribution >= 0.6 is 24.8 Å². The zero-order valence-corrected chi connectivity index (χ0v) is 10.8. The number of carbonyl (C=O) groups excluding carboxylic acids is 1. The molecule has 8 heteroatoms. The molecule has 6 nitrogen and oxygen atoms in total. The van der Waals surface area contributed by atoms with Crippen molar-refractivity contribution in [2.75, 3.05) is 31.5 Å². The molecule has 2 amide bonds. The van der Waals surface area contributed by atoms with E-state index in [1.165, 1.54) is 6.20 Å². The number of anilines is 1. The first-order chi connectivity index (χ1) is 7.36. The van der Waals surface area contributed by atoms with Gasteiger partial charge in [-0.15, -0.1) is 24.8 Å². The van der Waals surface area contributed by atoms with Crippen molar-refractivity contribution in [3.63, 3.8) is 0 Å². The summed E-state index contributed by atoms with van der Waals surface area (Å²) in [5.41, 5.74) is 0. The van der Waals surface area contributed by atoms with Crippen LogP contribution in [0.2, 0.25) is 0 Å². The van der Waals surface area contributed by atoms with Crippen LogP contribution in [-0.4, -0.2) is 47.1 Å². The fourth-order valence-corrected chi connectivity index (χ4v) is 1.42. The number of piperazine rings is 1. The SMILES string of the molecule is Cl.Cl.O=C(Nc1cnccn1)N1CCNCC1. The summed E-state index contributed by atoms with van der Waals surface area (Å²) in [5.74, 6) is 0.487. The Morgan fingerprint density at radius 2 is 2.00 bits per heavy atom. The number of hydrogen-bond donors (Lipinski definition) is 2. The Morgan fingerprint density at radius 1 is 1.29 bits per heavy atom. The molecule has 1 aliphatic rings. The maximum Gasteiger partial charge on any atom is 0.323 e. The van der Waals surface area contributed by atoms with Crippen molar-refractivity contribution in [1.82, 2.24) is 20.2 Å². The molecule has 1 aromatic rings. The number of nitrogens with one attached hydrogen (secondary N) is 2. The van der Waals surface area contributed by atoms with Gasteiger partial charge in [0.2, 0.25) is 0 Å². The van der Waals surface area contributed by atoms with Gasteiger partial charge in [-0.2, -0.15) is 0 Å². The highest BCUT2D eigenvalue weighted by Crippen LogP contribution is 2.01. The molecule has 96 valence electrons. The van der Waals surface area contributed by atoms with Crippen LogP contribution in [0, 0.1) is 0 Å². The maximum absolute atomic E-state index is 11.7. The fraction of sp³-hybridized carbons (Fsp3) is 0.444. The standard InChI is InChI=1S/C9H13N5O.2ClH/c15-9(14-5-3-10-4-6-14)13-8-7-11-1-2-12-8;;/h1-2,7,10H,3-6H2,(H,12,13,15);2*1H. The number of hydrogen-bond acceptors (Lipinski definition) is 4. The lowest BCUT2D eigenvalue weighted by Gasteiger charge is -2.27. The van der Waals surface area contributed by atoms with Crippen LogP contribution in [-0.2, 0) is 0 Å². The Bertz CT molecular complexity index is 331. The molecule has 0 aliphatic carbocycles. The third-order valence-corrected chi connectivity index (χ3v) is 2.20. The minimum atomic E-state index is -0.114. The fourth-order valence-electron chi connectivity index (χ4n) is 1.42. The molecule has 0 saturated carbocycles. The van der Waals surface area contributed by atoms with Crippen molar-refractivity contribution in [2.24, 2.45) is 0 Å². The molecule has 1 saturated heterocycles. The average molecular weight is 280 g/mol. The minimum Gasteiger partial charge on any atom is -0.322 e. The van der Waals surface area contributed by atoms with Crippen molar-refractivity contribution < 1.29 is 4.79 Å². The first-order valence-electron chi connectivity index (χ1n) is 4.89. The number of rotatable bonds is 1. The normalized spacial score (nSPS) is 14.2. The summed E-state index contributed by atoms with van der Waals surface area (Å²) in [7, 11) is 0. The molecule has 0 bridgehead atoms. The monoisotopic (exact) mass is 279 g/mol. The van der Waals surface area contributed by atoms with E-state index in [-0.39, 0.29) is 30.8 Å². The Hall–Kier alpha value is -1.11. The summed E-state index contributed by atoms with van der Waals surface area (Å²) in [6, 6.07) is -0.114. The highest BCUT2D eigenvalue weighted by molar-refractivity contribution is 5.88. The van der Waals surface area contributed by atoms with Crippen molar-refractivity contribution >= 4 is 36.7 Å². The molecule has 0 atom stereocenters. The summed E-state index contributed by atoms with van der Waals surface area (Å²) in [5, 5.41) is 5.88. The first-order valence-corrected chi connectivity index (χ1v) is 4.89. The molecular weight excluding hydrogens is 265 g/mol. The third kappa shape index (κ3) is 4.72. The zero-order chi connectivity index (χ0) is 10.5. The lowest BCUT2D eigenvalue weighted by atomic mass is 10.4. The Morgan fingerprint density at radius 3 is 2.59 bits per heavy atom. The van der Waals surface area contributed by atoms with E-state index in [0.717, 1.165) is 26.2 Å². The van der Waals surface area contributed by atoms with Gasteiger partial charge in [-0.05, 0) is 0 Å². The van der Waals surface area contributed by atoms with E-state index >= 15 is 0 Å². The summed E-state index contributed by atoms with van der Waals surface area (Å²) in [4.78, 5) is 21.3. The van der Waals surface area contributed by atoms with E-state index in [0.29, 0.717) is 5.82 Å². The van der Waals surface area contributed by atoms with Gasteiger partial charge in [0.25, 0.3) is 0 Å².